The van der Waals surface area contributed by atoms with Crippen LogP contribution >= 0.6 is 11.6 Å². The van der Waals surface area contributed by atoms with E-state index in [9.17, 15) is 8.42 Å². The summed E-state index contributed by atoms with van der Waals surface area (Å²) in [5, 5.41) is 0. The second-order valence-corrected chi connectivity index (χ2v) is 8.23. The second-order valence-electron chi connectivity index (χ2n) is 6.10. The van der Waals surface area contributed by atoms with Crippen LogP contribution in [0, 0.1) is 5.41 Å². The Bertz CT molecular complexity index is 350. The molecule has 0 saturated carbocycles. The van der Waals surface area contributed by atoms with Crippen LogP contribution in [0.5, 0.6) is 0 Å². The Kier molecular flexibility index (Phi) is 7.08. The van der Waals surface area contributed by atoms with Gasteiger partial charge in [-0.3, -0.25) is 0 Å². The fourth-order valence-corrected chi connectivity index (χ4v) is 3.92. The molecule has 114 valence electrons. The molecule has 0 aromatic rings. The fraction of sp³-hybridized carbons (Fsp3) is 1.00. The summed E-state index contributed by atoms with van der Waals surface area (Å²) in [5.74, 6) is 0.627. The van der Waals surface area contributed by atoms with Crippen molar-refractivity contribution in [3.8, 4) is 0 Å². The molecule has 1 aliphatic heterocycles. The molecule has 0 aromatic carbocycles. The normalized spacial score (nSPS) is 19.3. The SMILES string of the molecule is CC(C)(CCCCl)CNS(=O)(=O)N1CCCCCC1. The van der Waals surface area contributed by atoms with Crippen LogP contribution in [-0.2, 0) is 10.2 Å². The van der Waals surface area contributed by atoms with Crippen molar-refractivity contribution in [3.05, 3.63) is 0 Å². The van der Waals surface area contributed by atoms with Crippen molar-refractivity contribution in [2.45, 2.75) is 52.4 Å². The predicted molar refractivity (Wildman–Crippen MR) is 80.7 cm³/mol. The first-order valence-electron chi connectivity index (χ1n) is 7.18. The maximum Gasteiger partial charge on any atom is 0.279 e. The standard InChI is InChI=1S/C13H27ClN2O2S/c1-13(2,8-7-9-14)12-15-19(17,18)16-10-5-3-4-6-11-16/h15H,3-12H2,1-2H3. The molecule has 0 radical (unpaired) electrons. The summed E-state index contributed by atoms with van der Waals surface area (Å²) in [4.78, 5) is 0. The molecular formula is C13H27ClN2O2S. The summed E-state index contributed by atoms with van der Waals surface area (Å²) >= 11 is 5.69. The van der Waals surface area contributed by atoms with Crippen molar-refractivity contribution in [3.63, 3.8) is 0 Å². The zero-order chi connectivity index (χ0) is 14.4. The molecule has 1 N–H and O–H groups in total. The van der Waals surface area contributed by atoms with E-state index in [2.05, 4.69) is 18.6 Å². The van der Waals surface area contributed by atoms with Gasteiger partial charge in [0.1, 0.15) is 0 Å². The van der Waals surface area contributed by atoms with Gasteiger partial charge >= 0.3 is 0 Å². The average molecular weight is 311 g/mol. The molecule has 0 atom stereocenters. The summed E-state index contributed by atoms with van der Waals surface area (Å²) in [5.41, 5.74) is -0.0478. The Morgan fingerprint density at radius 1 is 1.16 bits per heavy atom. The van der Waals surface area contributed by atoms with Gasteiger partial charge in [0.05, 0.1) is 0 Å². The molecular weight excluding hydrogens is 284 g/mol. The molecule has 1 aliphatic rings. The highest BCUT2D eigenvalue weighted by atomic mass is 35.5. The van der Waals surface area contributed by atoms with Gasteiger partial charge in [0, 0.05) is 25.5 Å². The molecule has 4 nitrogen and oxygen atoms in total. The van der Waals surface area contributed by atoms with Crippen molar-refractivity contribution in [2.75, 3.05) is 25.5 Å². The number of alkyl halides is 1. The lowest BCUT2D eigenvalue weighted by molar-refractivity contribution is 0.324. The van der Waals surface area contributed by atoms with E-state index in [0.29, 0.717) is 25.5 Å². The van der Waals surface area contributed by atoms with Crippen LogP contribution in [0.4, 0.5) is 0 Å². The molecule has 1 fully saturated rings. The van der Waals surface area contributed by atoms with Crippen molar-refractivity contribution in [1.29, 1.82) is 0 Å². The smallest absolute Gasteiger partial charge is 0.202 e. The van der Waals surface area contributed by atoms with E-state index < -0.39 is 10.2 Å². The third-order valence-corrected chi connectivity index (χ3v) is 5.45. The Morgan fingerprint density at radius 3 is 2.26 bits per heavy atom. The molecule has 1 heterocycles. The lowest BCUT2D eigenvalue weighted by Gasteiger charge is -2.27. The second kappa shape index (κ2) is 7.81. The summed E-state index contributed by atoms with van der Waals surface area (Å²) < 4.78 is 28.9. The average Bonchev–Trinajstić information content (AvgIpc) is 2.64. The number of rotatable bonds is 7. The van der Waals surface area contributed by atoms with E-state index >= 15 is 0 Å². The number of halogens is 1. The van der Waals surface area contributed by atoms with Crippen LogP contribution in [0.3, 0.4) is 0 Å². The topological polar surface area (TPSA) is 49.4 Å². The van der Waals surface area contributed by atoms with E-state index in [1.807, 2.05) is 0 Å². The molecule has 6 heteroatoms. The minimum atomic E-state index is -3.31. The van der Waals surface area contributed by atoms with E-state index in [4.69, 9.17) is 11.6 Å². The summed E-state index contributed by atoms with van der Waals surface area (Å²) in [6.45, 7) is 5.92. The van der Waals surface area contributed by atoms with E-state index in [1.54, 1.807) is 4.31 Å². The van der Waals surface area contributed by atoms with Crippen molar-refractivity contribution >= 4 is 21.8 Å². The molecule has 19 heavy (non-hydrogen) atoms. The zero-order valence-electron chi connectivity index (χ0n) is 12.1. The summed E-state index contributed by atoms with van der Waals surface area (Å²) in [6, 6.07) is 0. The van der Waals surface area contributed by atoms with Gasteiger partial charge in [0.2, 0.25) is 0 Å². The van der Waals surface area contributed by atoms with Crippen molar-refractivity contribution < 1.29 is 8.42 Å². The number of hydrogen-bond acceptors (Lipinski definition) is 2. The highest BCUT2D eigenvalue weighted by Crippen LogP contribution is 2.22. The minimum Gasteiger partial charge on any atom is -0.202 e. The Morgan fingerprint density at radius 2 is 1.74 bits per heavy atom. The minimum absolute atomic E-state index is 0.0478. The van der Waals surface area contributed by atoms with Gasteiger partial charge in [-0.15, -0.1) is 11.6 Å². The molecule has 0 spiro atoms. The van der Waals surface area contributed by atoms with Crippen LogP contribution in [0.2, 0.25) is 0 Å². The largest absolute Gasteiger partial charge is 0.279 e. The predicted octanol–water partition coefficient (Wildman–Crippen LogP) is 2.74. The molecule has 0 bridgehead atoms. The lowest BCUT2D eigenvalue weighted by atomic mass is 9.88. The maximum absolute atomic E-state index is 12.2. The first kappa shape index (κ1) is 17.2. The van der Waals surface area contributed by atoms with Gasteiger partial charge in [-0.05, 0) is 31.1 Å². The maximum atomic E-state index is 12.2. The summed E-state index contributed by atoms with van der Waals surface area (Å²) in [7, 11) is -3.31. The molecule has 0 aromatic heterocycles. The van der Waals surface area contributed by atoms with Gasteiger partial charge in [-0.1, -0.05) is 26.7 Å². The van der Waals surface area contributed by atoms with Crippen molar-refractivity contribution in [1.82, 2.24) is 9.03 Å². The van der Waals surface area contributed by atoms with Crippen LogP contribution < -0.4 is 4.72 Å². The van der Waals surface area contributed by atoms with E-state index in [1.165, 1.54) is 0 Å². The number of nitrogens with zero attached hydrogens (tertiary/aromatic N) is 1. The van der Waals surface area contributed by atoms with Crippen LogP contribution in [0.15, 0.2) is 0 Å². The van der Waals surface area contributed by atoms with Gasteiger partial charge in [0.15, 0.2) is 0 Å². The monoisotopic (exact) mass is 310 g/mol. The number of hydrogen-bond donors (Lipinski definition) is 1. The lowest BCUT2D eigenvalue weighted by Crippen LogP contribution is -2.44. The molecule has 0 unspecified atom stereocenters. The van der Waals surface area contributed by atoms with Gasteiger partial charge in [-0.25, -0.2) is 4.72 Å². The van der Waals surface area contributed by atoms with E-state index in [-0.39, 0.29) is 5.41 Å². The first-order valence-corrected chi connectivity index (χ1v) is 9.15. The molecule has 0 aliphatic carbocycles. The van der Waals surface area contributed by atoms with Gasteiger partial charge in [-0.2, -0.15) is 12.7 Å². The fourth-order valence-electron chi connectivity index (χ4n) is 2.29. The van der Waals surface area contributed by atoms with Crippen LogP contribution in [0.25, 0.3) is 0 Å². The Hall–Kier alpha value is 0.160. The van der Waals surface area contributed by atoms with Crippen molar-refractivity contribution in [2.24, 2.45) is 5.41 Å². The van der Waals surface area contributed by atoms with Crippen LogP contribution in [0.1, 0.15) is 52.4 Å². The highest BCUT2D eigenvalue weighted by molar-refractivity contribution is 7.87. The van der Waals surface area contributed by atoms with Crippen LogP contribution in [-0.4, -0.2) is 38.2 Å². The third-order valence-electron chi connectivity index (χ3n) is 3.63. The molecule has 1 rings (SSSR count). The quantitative estimate of drug-likeness (QED) is 0.735. The Labute approximate surface area is 123 Å². The molecule has 0 amide bonds. The Balaban J connectivity index is 2.49. The zero-order valence-corrected chi connectivity index (χ0v) is 13.7. The van der Waals surface area contributed by atoms with E-state index in [0.717, 1.165) is 38.5 Å². The first-order chi connectivity index (χ1) is 8.87. The third kappa shape index (κ3) is 6.43. The molecule has 1 saturated heterocycles. The highest BCUT2D eigenvalue weighted by Gasteiger charge is 2.26. The van der Waals surface area contributed by atoms with Gasteiger partial charge in [0.25, 0.3) is 10.2 Å². The summed E-state index contributed by atoms with van der Waals surface area (Å²) in [6.07, 6.45) is 6.05. The van der Waals surface area contributed by atoms with Gasteiger partial charge < -0.3 is 0 Å². The number of nitrogens with one attached hydrogen (secondary N) is 1.